The van der Waals surface area contributed by atoms with Crippen LogP contribution in [0.15, 0.2) is 6.20 Å². The van der Waals surface area contributed by atoms with Crippen molar-refractivity contribution in [2.75, 3.05) is 19.8 Å². The van der Waals surface area contributed by atoms with Gasteiger partial charge >= 0.3 is 0 Å². The predicted octanol–water partition coefficient (Wildman–Crippen LogP) is 0.967. The largest absolute Gasteiger partial charge is 0.380 e. The molecule has 0 unspecified atom stereocenters. The van der Waals surface area contributed by atoms with Gasteiger partial charge < -0.3 is 10.1 Å². The van der Waals surface area contributed by atoms with Gasteiger partial charge in [0.1, 0.15) is 0 Å². The van der Waals surface area contributed by atoms with Crippen molar-refractivity contribution >= 4 is 0 Å². The lowest BCUT2D eigenvalue weighted by Crippen LogP contribution is -2.21. The van der Waals surface area contributed by atoms with Gasteiger partial charge in [-0.25, -0.2) is 0 Å². The normalized spacial score (nSPS) is 11.2. The van der Waals surface area contributed by atoms with Crippen LogP contribution >= 0.6 is 0 Å². The topological polar surface area (TPSA) is 52.0 Å². The number of rotatable bonds is 8. The molecule has 1 rings (SSSR count). The van der Waals surface area contributed by atoms with Gasteiger partial charge in [0.2, 0.25) is 0 Å². The zero-order valence-corrected chi connectivity index (χ0v) is 10.4. The number of ether oxygens (including phenoxy) is 1. The van der Waals surface area contributed by atoms with Crippen molar-refractivity contribution in [3.63, 3.8) is 0 Å². The van der Waals surface area contributed by atoms with E-state index in [1.54, 1.807) is 10.9 Å². The van der Waals surface area contributed by atoms with Gasteiger partial charge in [0.05, 0.1) is 18.5 Å². The summed E-state index contributed by atoms with van der Waals surface area (Å²) in [4.78, 5) is 0. The minimum absolute atomic E-state index is 0.716. The lowest BCUT2D eigenvalue weighted by atomic mass is 10.1. The van der Waals surface area contributed by atoms with E-state index in [1.807, 2.05) is 7.05 Å². The Morgan fingerprint density at radius 1 is 1.44 bits per heavy atom. The minimum Gasteiger partial charge on any atom is -0.380 e. The molecule has 1 heterocycles. The third-order valence-corrected chi connectivity index (χ3v) is 2.38. The number of hydrogen-bond donors (Lipinski definition) is 1. The molecule has 5 nitrogen and oxygen atoms in total. The molecule has 0 aliphatic heterocycles. The second kappa shape index (κ2) is 7.35. The fraction of sp³-hybridized carbons (Fsp3) is 0.818. The van der Waals surface area contributed by atoms with E-state index >= 15 is 0 Å². The SMILES string of the molecule is CC(C)CCOCCNCc1cnnn1C. The highest BCUT2D eigenvalue weighted by atomic mass is 16.5. The minimum atomic E-state index is 0.716. The lowest BCUT2D eigenvalue weighted by Gasteiger charge is -2.07. The molecule has 0 amide bonds. The lowest BCUT2D eigenvalue weighted by molar-refractivity contribution is 0.125. The summed E-state index contributed by atoms with van der Waals surface area (Å²) < 4.78 is 7.26. The van der Waals surface area contributed by atoms with Crippen molar-refractivity contribution in [2.24, 2.45) is 13.0 Å². The molecule has 0 spiro atoms. The number of nitrogens with one attached hydrogen (secondary N) is 1. The zero-order chi connectivity index (χ0) is 11.8. The van der Waals surface area contributed by atoms with Crippen LogP contribution in [-0.4, -0.2) is 34.8 Å². The van der Waals surface area contributed by atoms with Gasteiger partial charge in [0, 0.05) is 26.7 Å². The van der Waals surface area contributed by atoms with E-state index in [0.29, 0.717) is 5.92 Å². The average molecular weight is 226 g/mol. The molecule has 0 atom stereocenters. The first-order chi connectivity index (χ1) is 7.70. The third kappa shape index (κ3) is 5.23. The molecule has 0 aliphatic carbocycles. The second-order valence-electron chi connectivity index (χ2n) is 4.32. The van der Waals surface area contributed by atoms with Crippen molar-refractivity contribution in [2.45, 2.75) is 26.8 Å². The van der Waals surface area contributed by atoms with Crippen LogP contribution in [0.4, 0.5) is 0 Å². The Hall–Kier alpha value is -0.940. The fourth-order valence-corrected chi connectivity index (χ4v) is 1.25. The maximum absolute atomic E-state index is 5.49. The standard InChI is InChI=1S/C11H22N4O/c1-10(2)4-6-16-7-5-12-8-11-9-13-14-15(11)3/h9-10,12H,4-8H2,1-3H3. The molecule has 1 aromatic heterocycles. The van der Waals surface area contributed by atoms with Gasteiger partial charge in [-0.15, -0.1) is 5.10 Å². The summed E-state index contributed by atoms with van der Waals surface area (Å²) in [6.45, 7) is 7.68. The molecule has 1 aromatic rings. The van der Waals surface area contributed by atoms with Gasteiger partial charge in [-0.2, -0.15) is 0 Å². The summed E-state index contributed by atoms with van der Waals surface area (Å²) in [7, 11) is 1.89. The van der Waals surface area contributed by atoms with Crippen LogP contribution in [0.3, 0.4) is 0 Å². The number of nitrogens with zero attached hydrogens (tertiary/aromatic N) is 3. The first-order valence-electron chi connectivity index (χ1n) is 5.82. The van der Waals surface area contributed by atoms with E-state index in [-0.39, 0.29) is 0 Å². The molecule has 0 fully saturated rings. The summed E-state index contributed by atoms with van der Waals surface area (Å²) in [5.74, 6) is 0.716. The molecular weight excluding hydrogens is 204 g/mol. The second-order valence-corrected chi connectivity index (χ2v) is 4.32. The highest BCUT2D eigenvalue weighted by Crippen LogP contribution is 1.98. The average Bonchev–Trinajstić information content (AvgIpc) is 2.62. The van der Waals surface area contributed by atoms with Gasteiger partial charge in [0.25, 0.3) is 0 Å². The Labute approximate surface area is 97.2 Å². The van der Waals surface area contributed by atoms with E-state index in [9.17, 15) is 0 Å². The number of hydrogen-bond acceptors (Lipinski definition) is 4. The van der Waals surface area contributed by atoms with Crippen LogP contribution in [-0.2, 0) is 18.3 Å². The Bertz CT molecular complexity index is 285. The Morgan fingerprint density at radius 2 is 2.25 bits per heavy atom. The molecule has 0 aromatic carbocycles. The van der Waals surface area contributed by atoms with E-state index in [4.69, 9.17) is 4.74 Å². The number of aryl methyl sites for hydroxylation is 1. The highest BCUT2D eigenvalue weighted by molar-refractivity contribution is 4.91. The molecule has 0 radical (unpaired) electrons. The van der Waals surface area contributed by atoms with Crippen LogP contribution in [0.25, 0.3) is 0 Å². The maximum atomic E-state index is 5.49. The van der Waals surface area contributed by atoms with Crippen molar-refractivity contribution in [1.29, 1.82) is 0 Å². The summed E-state index contributed by atoms with van der Waals surface area (Å²) in [6.07, 6.45) is 2.90. The van der Waals surface area contributed by atoms with Crippen LogP contribution in [0, 0.1) is 5.92 Å². The predicted molar refractivity (Wildman–Crippen MR) is 63.0 cm³/mol. The molecular formula is C11H22N4O. The number of aromatic nitrogens is 3. The van der Waals surface area contributed by atoms with Crippen LogP contribution in [0.2, 0.25) is 0 Å². The van der Waals surface area contributed by atoms with E-state index in [2.05, 4.69) is 29.5 Å². The van der Waals surface area contributed by atoms with Gasteiger partial charge in [-0.05, 0) is 12.3 Å². The first-order valence-corrected chi connectivity index (χ1v) is 5.82. The van der Waals surface area contributed by atoms with E-state index in [1.165, 1.54) is 0 Å². The van der Waals surface area contributed by atoms with Crippen LogP contribution in [0.1, 0.15) is 26.0 Å². The van der Waals surface area contributed by atoms with Crippen LogP contribution in [0.5, 0.6) is 0 Å². The Morgan fingerprint density at radius 3 is 2.88 bits per heavy atom. The van der Waals surface area contributed by atoms with Crippen molar-refractivity contribution in [3.05, 3.63) is 11.9 Å². The highest BCUT2D eigenvalue weighted by Gasteiger charge is 1.98. The van der Waals surface area contributed by atoms with Crippen molar-refractivity contribution in [3.8, 4) is 0 Å². The van der Waals surface area contributed by atoms with E-state index in [0.717, 1.165) is 38.4 Å². The molecule has 16 heavy (non-hydrogen) atoms. The monoisotopic (exact) mass is 226 g/mol. The van der Waals surface area contributed by atoms with Crippen molar-refractivity contribution < 1.29 is 4.74 Å². The Kier molecular flexibility index (Phi) is 6.03. The molecule has 92 valence electrons. The molecule has 1 N–H and O–H groups in total. The quantitative estimate of drug-likeness (QED) is 0.671. The molecule has 0 aliphatic rings. The molecule has 0 saturated carbocycles. The molecule has 0 bridgehead atoms. The molecule has 0 saturated heterocycles. The zero-order valence-electron chi connectivity index (χ0n) is 10.4. The van der Waals surface area contributed by atoms with Gasteiger partial charge in [-0.3, -0.25) is 4.68 Å². The van der Waals surface area contributed by atoms with Crippen molar-refractivity contribution in [1.82, 2.24) is 20.3 Å². The summed E-state index contributed by atoms with van der Waals surface area (Å²) in [5.41, 5.74) is 1.09. The van der Waals surface area contributed by atoms with Gasteiger partial charge in [-0.1, -0.05) is 19.1 Å². The summed E-state index contributed by atoms with van der Waals surface area (Å²) in [6, 6.07) is 0. The van der Waals surface area contributed by atoms with Crippen LogP contribution < -0.4 is 5.32 Å². The summed E-state index contributed by atoms with van der Waals surface area (Å²) >= 11 is 0. The smallest absolute Gasteiger partial charge is 0.0738 e. The molecule has 5 heteroatoms. The first kappa shape index (κ1) is 13.1. The summed E-state index contributed by atoms with van der Waals surface area (Å²) in [5, 5.41) is 11.0. The Balaban J connectivity index is 1.94. The van der Waals surface area contributed by atoms with Gasteiger partial charge in [0.15, 0.2) is 0 Å². The fourth-order valence-electron chi connectivity index (χ4n) is 1.25. The van der Waals surface area contributed by atoms with E-state index < -0.39 is 0 Å². The third-order valence-electron chi connectivity index (χ3n) is 2.38. The maximum Gasteiger partial charge on any atom is 0.0738 e.